The van der Waals surface area contributed by atoms with Crippen LogP contribution in [0.4, 0.5) is 0 Å². The highest BCUT2D eigenvalue weighted by Gasteiger charge is 2.41. The van der Waals surface area contributed by atoms with Crippen molar-refractivity contribution in [1.82, 2.24) is 10.6 Å². The van der Waals surface area contributed by atoms with E-state index in [0.717, 1.165) is 50.7 Å². The fraction of sp³-hybridized carbons (Fsp3) is 0.722. The maximum atomic E-state index is 5.37. The van der Waals surface area contributed by atoms with Crippen LogP contribution in [0.15, 0.2) is 27.8 Å². The van der Waals surface area contributed by atoms with Crippen LogP contribution >= 0.6 is 24.0 Å². The molecule has 1 aliphatic rings. The van der Waals surface area contributed by atoms with Gasteiger partial charge in [-0.1, -0.05) is 6.92 Å². The third-order valence-corrected chi connectivity index (χ3v) is 4.61. The quantitative estimate of drug-likeness (QED) is 0.326. The highest BCUT2D eigenvalue weighted by Crippen LogP contribution is 2.48. The maximum absolute atomic E-state index is 5.37. The lowest BCUT2D eigenvalue weighted by molar-refractivity contribution is 0.174. The zero-order valence-corrected chi connectivity index (χ0v) is 17.5. The smallest absolute Gasteiger partial charge is 0.191 e. The lowest BCUT2D eigenvalue weighted by Gasteiger charge is -2.18. The summed E-state index contributed by atoms with van der Waals surface area (Å²) in [6.45, 7) is 6.89. The number of hydrogen-bond acceptors (Lipinski definition) is 3. The van der Waals surface area contributed by atoms with Gasteiger partial charge in [-0.15, -0.1) is 24.0 Å². The standard InChI is InChI=1S/C18H31N3O2.HI/c1-4-15(2)21-17(19-11-7-16-6-5-12-23-16)20-14-18(8-9-18)10-13-22-3;/h5-6,12,15H,4,7-11,13-14H2,1-3H3,(H2,19,20,21);1H. The molecule has 6 heteroatoms. The van der Waals surface area contributed by atoms with Gasteiger partial charge in [-0.2, -0.15) is 0 Å². The van der Waals surface area contributed by atoms with Gasteiger partial charge >= 0.3 is 0 Å². The second kappa shape index (κ2) is 11.0. The largest absolute Gasteiger partial charge is 0.469 e. The van der Waals surface area contributed by atoms with E-state index in [9.17, 15) is 0 Å². The second-order valence-electron chi connectivity index (χ2n) is 6.62. The van der Waals surface area contributed by atoms with Crippen LogP contribution in [0.1, 0.15) is 45.3 Å². The van der Waals surface area contributed by atoms with Crippen LogP contribution in [0.25, 0.3) is 0 Å². The molecule has 1 saturated carbocycles. The van der Waals surface area contributed by atoms with E-state index in [2.05, 4.69) is 24.5 Å². The highest BCUT2D eigenvalue weighted by molar-refractivity contribution is 14.0. The predicted octanol–water partition coefficient (Wildman–Crippen LogP) is 3.59. The average molecular weight is 449 g/mol. The van der Waals surface area contributed by atoms with Crippen molar-refractivity contribution < 1.29 is 9.15 Å². The summed E-state index contributed by atoms with van der Waals surface area (Å²) in [5, 5.41) is 6.91. The lowest BCUT2D eigenvalue weighted by atomic mass is 10.0. The van der Waals surface area contributed by atoms with Crippen LogP contribution in [0.5, 0.6) is 0 Å². The molecule has 1 aromatic heterocycles. The second-order valence-corrected chi connectivity index (χ2v) is 6.62. The molecule has 1 unspecified atom stereocenters. The molecular weight excluding hydrogens is 417 g/mol. The van der Waals surface area contributed by atoms with E-state index >= 15 is 0 Å². The first kappa shape index (κ1) is 21.3. The Kier molecular flexibility index (Phi) is 9.73. The molecule has 1 aromatic rings. The van der Waals surface area contributed by atoms with E-state index in [4.69, 9.17) is 14.1 Å². The molecule has 0 aromatic carbocycles. The molecule has 0 amide bonds. The van der Waals surface area contributed by atoms with E-state index in [1.807, 2.05) is 12.1 Å². The van der Waals surface area contributed by atoms with Crippen molar-refractivity contribution in [2.75, 3.05) is 26.8 Å². The Bertz CT molecular complexity index is 473. The summed E-state index contributed by atoms with van der Waals surface area (Å²) >= 11 is 0. The molecule has 1 atom stereocenters. The summed E-state index contributed by atoms with van der Waals surface area (Å²) in [4.78, 5) is 4.83. The fourth-order valence-electron chi connectivity index (χ4n) is 2.48. The zero-order valence-electron chi connectivity index (χ0n) is 15.1. The van der Waals surface area contributed by atoms with E-state index in [1.54, 1.807) is 13.4 Å². The minimum Gasteiger partial charge on any atom is -0.469 e. The van der Waals surface area contributed by atoms with Gasteiger partial charge < -0.3 is 19.8 Å². The number of rotatable bonds is 10. The van der Waals surface area contributed by atoms with Crippen LogP contribution in [0, 0.1) is 5.41 Å². The van der Waals surface area contributed by atoms with Gasteiger partial charge in [-0.05, 0) is 50.2 Å². The Morgan fingerprint density at radius 1 is 1.46 bits per heavy atom. The molecule has 24 heavy (non-hydrogen) atoms. The van der Waals surface area contributed by atoms with Crippen molar-refractivity contribution in [2.24, 2.45) is 10.4 Å². The van der Waals surface area contributed by atoms with Gasteiger partial charge in [-0.25, -0.2) is 0 Å². The fourth-order valence-corrected chi connectivity index (χ4v) is 2.48. The number of methoxy groups -OCH3 is 1. The zero-order chi connectivity index (χ0) is 16.5. The molecule has 0 aliphatic heterocycles. The average Bonchev–Trinajstić information content (AvgIpc) is 3.14. The van der Waals surface area contributed by atoms with Crippen molar-refractivity contribution >= 4 is 29.9 Å². The number of halogens is 1. The first-order chi connectivity index (χ1) is 11.2. The van der Waals surface area contributed by atoms with Gasteiger partial charge in [0.2, 0.25) is 0 Å². The molecule has 1 heterocycles. The van der Waals surface area contributed by atoms with Gasteiger partial charge in [0.15, 0.2) is 5.96 Å². The normalized spacial score (nSPS) is 17.0. The number of ether oxygens (including phenoxy) is 1. The topological polar surface area (TPSA) is 58.8 Å². The van der Waals surface area contributed by atoms with Gasteiger partial charge in [-0.3, -0.25) is 4.99 Å². The monoisotopic (exact) mass is 449 g/mol. The molecule has 2 N–H and O–H groups in total. The Morgan fingerprint density at radius 2 is 2.25 bits per heavy atom. The highest BCUT2D eigenvalue weighted by atomic mass is 127. The number of nitrogens with zero attached hydrogens (tertiary/aromatic N) is 1. The molecule has 1 aliphatic carbocycles. The number of nitrogens with one attached hydrogen (secondary N) is 2. The molecule has 1 fully saturated rings. The van der Waals surface area contributed by atoms with Crippen molar-refractivity contribution in [2.45, 2.75) is 52.0 Å². The number of aliphatic imine (C=N–C) groups is 1. The molecule has 2 rings (SSSR count). The molecular formula is C18H32IN3O2. The third kappa shape index (κ3) is 7.42. The van der Waals surface area contributed by atoms with Crippen LogP contribution in [0.3, 0.4) is 0 Å². The van der Waals surface area contributed by atoms with E-state index in [-0.39, 0.29) is 24.0 Å². The van der Waals surface area contributed by atoms with Crippen LogP contribution in [0.2, 0.25) is 0 Å². The first-order valence-electron chi connectivity index (χ1n) is 8.73. The molecule has 0 bridgehead atoms. The third-order valence-electron chi connectivity index (χ3n) is 4.61. The van der Waals surface area contributed by atoms with E-state index in [1.165, 1.54) is 12.8 Å². The van der Waals surface area contributed by atoms with Crippen LogP contribution in [-0.4, -0.2) is 38.8 Å². The van der Waals surface area contributed by atoms with E-state index < -0.39 is 0 Å². The van der Waals surface area contributed by atoms with E-state index in [0.29, 0.717) is 11.5 Å². The Morgan fingerprint density at radius 3 is 2.83 bits per heavy atom. The molecule has 0 saturated heterocycles. The Hall–Kier alpha value is -0.760. The minimum absolute atomic E-state index is 0. The van der Waals surface area contributed by atoms with Crippen molar-refractivity contribution in [3.05, 3.63) is 24.2 Å². The maximum Gasteiger partial charge on any atom is 0.191 e. The summed E-state index contributed by atoms with van der Waals surface area (Å²) in [5.74, 6) is 1.91. The number of guanidine groups is 1. The summed E-state index contributed by atoms with van der Waals surface area (Å²) < 4.78 is 10.6. The molecule has 5 nitrogen and oxygen atoms in total. The van der Waals surface area contributed by atoms with Crippen molar-refractivity contribution in [3.8, 4) is 0 Å². The minimum atomic E-state index is 0. The van der Waals surface area contributed by atoms with Crippen LogP contribution < -0.4 is 10.6 Å². The SMILES string of the molecule is CCC(C)NC(=NCC1(CCOC)CC1)NCCc1ccco1.I. The Balaban J connectivity index is 0.00000288. The lowest BCUT2D eigenvalue weighted by Crippen LogP contribution is -2.43. The predicted molar refractivity (Wildman–Crippen MR) is 109 cm³/mol. The van der Waals surface area contributed by atoms with Crippen molar-refractivity contribution in [1.29, 1.82) is 0 Å². The summed E-state index contributed by atoms with van der Waals surface area (Å²) in [5.41, 5.74) is 0.376. The summed E-state index contributed by atoms with van der Waals surface area (Å²) in [6, 6.07) is 4.35. The molecule has 0 radical (unpaired) electrons. The number of furan rings is 1. The summed E-state index contributed by atoms with van der Waals surface area (Å²) in [6.07, 6.45) is 7.30. The van der Waals surface area contributed by atoms with Crippen LogP contribution in [-0.2, 0) is 11.2 Å². The summed E-state index contributed by atoms with van der Waals surface area (Å²) in [7, 11) is 1.77. The van der Waals surface area contributed by atoms with Gasteiger partial charge in [0.25, 0.3) is 0 Å². The number of hydrogen-bond donors (Lipinski definition) is 2. The first-order valence-corrected chi connectivity index (χ1v) is 8.73. The molecule has 0 spiro atoms. The Labute approximate surface area is 163 Å². The molecule has 138 valence electrons. The van der Waals surface area contributed by atoms with Gasteiger partial charge in [0.05, 0.1) is 6.26 Å². The van der Waals surface area contributed by atoms with Gasteiger partial charge in [0.1, 0.15) is 5.76 Å². The van der Waals surface area contributed by atoms with Gasteiger partial charge in [0, 0.05) is 39.3 Å². The van der Waals surface area contributed by atoms with Crippen molar-refractivity contribution in [3.63, 3.8) is 0 Å².